The van der Waals surface area contributed by atoms with E-state index >= 15 is 0 Å². The first kappa shape index (κ1) is 15.0. The number of carboxylic acid groups (broad SMARTS) is 1. The molecule has 0 atom stereocenters. The van der Waals surface area contributed by atoms with Crippen molar-refractivity contribution in [3.63, 3.8) is 0 Å². The highest BCUT2D eigenvalue weighted by Gasteiger charge is 2.10. The van der Waals surface area contributed by atoms with Gasteiger partial charge in [-0.1, -0.05) is 22.0 Å². The van der Waals surface area contributed by atoms with Gasteiger partial charge in [0, 0.05) is 10.5 Å². The van der Waals surface area contributed by atoms with Gasteiger partial charge < -0.3 is 5.11 Å². The molecule has 98 valence electrons. The van der Waals surface area contributed by atoms with Crippen LogP contribution in [0.5, 0.6) is 0 Å². The zero-order valence-electron chi connectivity index (χ0n) is 9.35. The molecule has 0 aliphatic carbocycles. The number of benzene rings is 1. The summed E-state index contributed by atoms with van der Waals surface area (Å²) in [5.41, 5.74) is 1.70. The predicted molar refractivity (Wildman–Crippen MR) is 93.4 cm³/mol. The summed E-state index contributed by atoms with van der Waals surface area (Å²) in [7, 11) is 0. The highest BCUT2D eigenvalue weighted by Crippen LogP contribution is 2.25. The largest absolute Gasteiger partial charge is 0.478 e. The van der Waals surface area contributed by atoms with Crippen LogP contribution in [0.15, 0.2) is 35.1 Å². The molecule has 0 amide bonds. The van der Waals surface area contributed by atoms with Crippen LogP contribution >= 0.6 is 61.1 Å². The number of aliphatic carboxylic acids is 1. The minimum atomic E-state index is -0.969. The molecule has 1 N–H and O–H groups in total. The van der Waals surface area contributed by atoms with Crippen LogP contribution in [0.4, 0.5) is 0 Å². The van der Waals surface area contributed by atoms with Crippen LogP contribution in [0.1, 0.15) is 5.56 Å². The number of hydrogen-bond donors (Lipinski definition) is 1. The van der Waals surface area contributed by atoms with E-state index in [4.69, 9.17) is 5.11 Å². The van der Waals surface area contributed by atoms with E-state index in [1.807, 2.05) is 22.8 Å². The molecule has 1 heterocycles. The van der Waals surface area contributed by atoms with Gasteiger partial charge in [-0.25, -0.2) is 9.78 Å². The molecule has 0 saturated carbocycles. The summed E-state index contributed by atoms with van der Waals surface area (Å²) < 4.78 is 4.75. The number of carbonyl (C=O) groups is 1. The monoisotopic (exact) mass is 544 g/mol. The van der Waals surface area contributed by atoms with E-state index in [2.05, 4.69) is 66.1 Å². The van der Waals surface area contributed by atoms with E-state index in [0.29, 0.717) is 0 Å². The molecular weight excluding hydrogens is 538 g/mol. The van der Waals surface area contributed by atoms with Crippen molar-refractivity contribution in [1.82, 2.24) is 9.55 Å². The zero-order chi connectivity index (χ0) is 14.0. The Balaban J connectivity index is 2.58. The topological polar surface area (TPSA) is 55.1 Å². The number of rotatable bonds is 3. The van der Waals surface area contributed by atoms with Gasteiger partial charge in [0.15, 0.2) is 0 Å². The summed E-state index contributed by atoms with van der Waals surface area (Å²) in [6.45, 7) is 0. The number of aromatic nitrogens is 2. The first-order chi connectivity index (χ1) is 8.99. The summed E-state index contributed by atoms with van der Waals surface area (Å²) >= 11 is 7.80. The molecule has 1 aromatic carbocycles. The second-order valence-electron chi connectivity index (χ2n) is 3.57. The third kappa shape index (κ3) is 3.57. The molecule has 7 heteroatoms. The summed E-state index contributed by atoms with van der Waals surface area (Å²) in [6, 6.07) is 5.67. The number of imidazole rings is 1. The van der Waals surface area contributed by atoms with Gasteiger partial charge >= 0.3 is 5.97 Å². The van der Waals surface area contributed by atoms with Crippen molar-refractivity contribution >= 4 is 73.2 Å². The Morgan fingerprint density at radius 3 is 2.74 bits per heavy atom. The average Bonchev–Trinajstić information content (AvgIpc) is 2.68. The minimum Gasteiger partial charge on any atom is -0.478 e. The fourth-order valence-electron chi connectivity index (χ4n) is 1.51. The molecule has 0 saturated heterocycles. The van der Waals surface area contributed by atoms with Crippen molar-refractivity contribution in [2.45, 2.75) is 0 Å². The molecule has 0 aliphatic rings. The number of carboxylic acids is 1. The van der Waals surface area contributed by atoms with E-state index in [-0.39, 0.29) is 0 Å². The molecule has 2 aromatic rings. The van der Waals surface area contributed by atoms with Gasteiger partial charge in [-0.15, -0.1) is 0 Å². The van der Waals surface area contributed by atoms with Crippen molar-refractivity contribution in [1.29, 1.82) is 0 Å². The van der Waals surface area contributed by atoms with Crippen molar-refractivity contribution in [2.24, 2.45) is 0 Å². The number of nitrogens with zero attached hydrogens (tertiary/aromatic N) is 2. The molecule has 19 heavy (non-hydrogen) atoms. The summed E-state index contributed by atoms with van der Waals surface area (Å²) in [6.07, 6.45) is 4.43. The van der Waals surface area contributed by atoms with E-state index in [1.54, 1.807) is 12.4 Å². The van der Waals surface area contributed by atoms with Crippen LogP contribution in [0.3, 0.4) is 0 Å². The SMILES string of the molecule is O=C(O)/C=C/c1ccc(Br)cc1-n1cnc(I)c1I. The van der Waals surface area contributed by atoms with Gasteiger partial charge in [-0.2, -0.15) is 0 Å². The van der Waals surface area contributed by atoms with Crippen molar-refractivity contribution in [2.75, 3.05) is 0 Å². The van der Waals surface area contributed by atoms with E-state index in [9.17, 15) is 4.79 Å². The Morgan fingerprint density at radius 2 is 2.16 bits per heavy atom. The highest BCUT2D eigenvalue weighted by molar-refractivity contribution is 14.1. The second kappa shape index (κ2) is 6.35. The van der Waals surface area contributed by atoms with Crippen LogP contribution in [0.2, 0.25) is 0 Å². The fraction of sp³-hybridized carbons (Fsp3) is 0. The Morgan fingerprint density at radius 1 is 1.42 bits per heavy atom. The van der Waals surface area contributed by atoms with Crippen LogP contribution in [0.25, 0.3) is 11.8 Å². The third-order valence-electron chi connectivity index (χ3n) is 2.33. The first-order valence-electron chi connectivity index (χ1n) is 5.08. The molecule has 2 rings (SSSR count). The van der Waals surface area contributed by atoms with Gasteiger partial charge in [-0.3, -0.25) is 4.57 Å². The molecule has 0 unspecified atom stereocenters. The molecule has 0 aliphatic heterocycles. The molecule has 0 fully saturated rings. The van der Waals surface area contributed by atoms with Gasteiger partial charge in [0.25, 0.3) is 0 Å². The smallest absolute Gasteiger partial charge is 0.328 e. The lowest BCUT2D eigenvalue weighted by molar-refractivity contribution is -0.131. The van der Waals surface area contributed by atoms with Gasteiger partial charge in [0.05, 0.1) is 5.69 Å². The lowest BCUT2D eigenvalue weighted by Gasteiger charge is -2.09. The molecule has 0 radical (unpaired) electrons. The number of hydrogen-bond acceptors (Lipinski definition) is 2. The standard InChI is InChI=1S/C12H7BrI2N2O2/c13-8-3-1-7(2-4-10(18)19)9(5-8)17-6-16-11(14)12(17)15/h1-6H,(H,18,19)/b4-2+. The molecule has 0 spiro atoms. The summed E-state index contributed by atoms with van der Waals surface area (Å²) in [5, 5.41) is 8.73. The van der Waals surface area contributed by atoms with Crippen molar-refractivity contribution in [3.8, 4) is 5.69 Å². The van der Waals surface area contributed by atoms with E-state index in [0.717, 1.165) is 29.2 Å². The quantitative estimate of drug-likeness (QED) is 0.470. The highest BCUT2D eigenvalue weighted by atomic mass is 127. The zero-order valence-corrected chi connectivity index (χ0v) is 15.2. The van der Waals surface area contributed by atoms with Crippen molar-refractivity contribution < 1.29 is 9.90 Å². The van der Waals surface area contributed by atoms with E-state index in [1.165, 1.54) is 0 Å². The molecular formula is C12H7BrI2N2O2. The van der Waals surface area contributed by atoms with Gasteiger partial charge in [0.2, 0.25) is 0 Å². The Hall–Kier alpha value is -0.420. The maximum Gasteiger partial charge on any atom is 0.328 e. The number of halogens is 3. The van der Waals surface area contributed by atoms with Crippen LogP contribution < -0.4 is 0 Å². The average molecular weight is 545 g/mol. The fourth-order valence-corrected chi connectivity index (χ4v) is 2.76. The normalized spacial score (nSPS) is 11.1. The van der Waals surface area contributed by atoms with Crippen molar-refractivity contribution in [3.05, 3.63) is 48.0 Å². The molecule has 4 nitrogen and oxygen atoms in total. The first-order valence-corrected chi connectivity index (χ1v) is 8.03. The third-order valence-corrected chi connectivity index (χ3v) is 5.67. The van der Waals surface area contributed by atoms with Crippen LogP contribution in [-0.2, 0) is 4.79 Å². The van der Waals surface area contributed by atoms with Crippen LogP contribution in [-0.4, -0.2) is 20.6 Å². The van der Waals surface area contributed by atoms with Gasteiger partial charge in [-0.05, 0) is 69.0 Å². The summed E-state index contributed by atoms with van der Waals surface area (Å²) in [5.74, 6) is -0.969. The second-order valence-corrected chi connectivity index (χ2v) is 6.53. The Labute approximate surface area is 145 Å². The lowest BCUT2D eigenvalue weighted by Crippen LogP contribution is -1.99. The predicted octanol–water partition coefficient (Wildman–Crippen LogP) is 3.94. The maximum atomic E-state index is 10.6. The maximum absolute atomic E-state index is 10.6. The van der Waals surface area contributed by atoms with Crippen LogP contribution in [0, 0.1) is 7.40 Å². The minimum absolute atomic E-state index is 0.817. The molecule has 1 aromatic heterocycles. The van der Waals surface area contributed by atoms with E-state index < -0.39 is 5.97 Å². The summed E-state index contributed by atoms with van der Waals surface area (Å²) in [4.78, 5) is 14.9. The molecule has 0 bridgehead atoms. The Bertz CT molecular complexity index is 668. The lowest BCUT2D eigenvalue weighted by atomic mass is 10.1. The van der Waals surface area contributed by atoms with Gasteiger partial charge in [0.1, 0.15) is 13.7 Å². The Kier molecular flexibility index (Phi) is 5.01.